The maximum absolute atomic E-state index is 5.63. The van der Waals surface area contributed by atoms with Crippen LogP contribution in [-0.4, -0.2) is 18.1 Å². The Bertz CT molecular complexity index is 450. The molecule has 1 heterocycles. The van der Waals surface area contributed by atoms with Gasteiger partial charge in [-0.3, -0.25) is 4.98 Å². The van der Waals surface area contributed by atoms with E-state index in [0.29, 0.717) is 12.6 Å². The zero-order valence-corrected chi connectivity index (χ0v) is 13.3. The van der Waals surface area contributed by atoms with Gasteiger partial charge in [-0.25, -0.2) is 0 Å². The highest BCUT2D eigenvalue weighted by Gasteiger charge is 2.54. The van der Waals surface area contributed by atoms with Crippen LogP contribution in [0.5, 0.6) is 5.75 Å². The van der Waals surface area contributed by atoms with Gasteiger partial charge < -0.3 is 10.1 Å². The van der Waals surface area contributed by atoms with Crippen LogP contribution in [0.4, 0.5) is 0 Å². The fourth-order valence-electron chi connectivity index (χ4n) is 4.17. The summed E-state index contributed by atoms with van der Waals surface area (Å²) in [5.41, 5.74) is 1.31. The number of rotatable bonds is 7. The van der Waals surface area contributed by atoms with Gasteiger partial charge in [-0.05, 0) is 62.1 Å². The van der Waals surface area contributed by atoms with Gasteiger partial charge in [0.1, 0.15) is 5.75 Å². The minimum Gasteiger partial charge on any atom is -0.492 e. The van der Waals surface area contributed by atoms with E-state index in [2.05, 4.69) is 23.3 Å². The first-order valence-corrected chi connectivity index (χ1v) is 8.66. The van der Waals surface area contributed by atoms with E-state index in [9.17, 15) is 0 Å². The Labute approximate surface area is 128 Å². The fourth-order valence-corrected chi connectivity index (χ4v) is 4.17. The van der Waals surface area contributed by atoms with Crippen LogP contribution in [0.15, 0.2) is 18.5 Å². The summed E-state index contributed by atoms with van der Waals surface area (Å²) >= 11 is 0. The van der Waals surface area contributed by atoms with Gasteiger partial charge in [-0.15, -0.1) is 0 Å². The molecule has 116 valence electrons. The van der Waals surface area contributed by atoms with Crippen molar-refractivity contribution in [2.75, 3.05) is 13.2 Å². The smallest absolute Gasteiger partial charge is 0.137 e. The summed E-state index contributed by atoms with van der Waals surface area (Å²) in [5, 5.41) is 3.78. The second-order valence-electron chi connectivity index (χ2n) is 6.51. The Morgan fingerprint density at radius 3 is 2.67 bits per heavy atom. The Hall–Kier alpha value is -1.09. The van der Waals surface area contributed by atoms with Crippen LogP contribution in [0.1, 0.15) is 57.6 Å². The summed E-state index contributed by atoms with van der Waals surface area (Å²) in [6, 6.07) is 2.65. The highest BCUT2D eigenvalue weighted by molar-refractivity contribution is 5.28. The van der Waals surface area contributed by atoms with Crippen molar-refractivity contribution >= 4 is 0 Å². The maximum atomic E-state index is 5.63. The predicted octanol–water partition coefficient (Wildman–Crippen LogP) is 3.96. The van der Waals surface area contributed by atoms with Gasteiger partial charge in [0.25, 0.3) is 0 Å². The number of ether oxygens (including phenoxy) is 1. The molecule has 0 bridgehead atoms. The molecule has 3 rings (SSSR count). The molecular weight excluding hydrogens is 260 g/mol. The highest BCUT2D eigenvalue weighted by Crippen LogP contribution is 2.60. The monoisotopic (exact) mass is 288 g/mol. The van der Waals surface area contributed by atoms with Crippen molar-refractivity contribution in [3.05, 3.63) is 24.0 Å². The third-order valence-corrected chi connectivity index (χ3v) is 5.13. The summed E-state index contributed by atoms with van der Waals surface area (Å²) in [7, 11) is 0. The lowest BCUT2D eigenvalue weighted by molar-refractivity contribution is 0.337. The van der Waals surface area contributed by atoms with Crippen LogP contribution < -0.4 is 10.1 Å². The average Bonchev–Trinajstić information content (AvgIpc) is 3.23. The molecule has 3 nitrogen and oxygen atoms in total. The van der Waals surface area contributed by atoms with Gasteiger partial charge in [0.2, 0.25) is 0 Å². The number of nitrogens with zero attached hydrogens (tertiary/aromatic N) is 1. The van der Waals surface area contributed by atoms with Crippen LogP contribution in [0, 0.1) is 17.8 Å². The van der Waals surface area contributed by atoms with E-state index < -0.39 is 0 Å². The molecule has 2 saturated carbocycles. The molecule has 3 atom stereocenters. The summed E-state index contributed by atoms with van der Waals surface area (Å²) < 4.78 is 5.63. The van der Waals surface area contributed by atoms with Crippen LogP contribution in [0.2, 0.25) is 0 Å². The van der Waals surface area contributed by atoms with Gasteiger partial charge >= 0.3 is 0 Å². The number of hydrogen-bond donors (Lipinski definition) is 1. The second kappa shape index (κ2) is 6.78. The molecule has 0 aromatic carbocycles. The minimum atomic E-state index is 0.464. The summed E-state index contributed by atoms with van der Waals surface area (Å²) in [6.07, 6.45) is 10.7. The molecule has 0 aliphatic heterocycles. The number of hydrogen-bond acceptors (Lipinski definition) is 3. The van der Waals surface area contributed by atoms with Crippen molar-refractivity contribution in [2.45, 2.75) is 52.0 Å². The lowest BCUT2D eigenvalue weighted by atomic mass is 10.0. The molecular formula is C18H28N2O. The van der Waals surface area contributed by atoms with Gasteiger partial charge in [-0.2, -0.15) is 0 Å². The van der Waals surface area contributed by atoms with Crippen molar-refractivity contribution in [2.24, 2.45) is 17.8 Å². The first kappa shape index (κ1) is 14.8. The van der Waals surface area contributed by atoms with E-state index in [-0.39, 0.29) is 0 Å². The minimum absolute atomic E-state index is 0.464. The Morgan fingerprint density at radius 1 is 1.24 bits per heavy atom. The first-order valence-electron chi connectivity index (χ1n) is 8.66. The first-order chi connectivity index (χ1) is 10.3. The SMILES string of the molecule is CCCNC(c1cncc(OCC)c1)C1C2CCCCC21. The zero-order valence-electron chi connectivity index (χ0n) is 13.3. The average molecular weight is 288 g/mol. The van der Waals surface area contributed by atoms with E-state index in [4.69, 9.17) is 4.74 Å². The van der Waals surface area contributed by atoms with Crippen LogP contribution in [0.25, 0.3) is 0 Å². The van der Waals surface area contributed by atoms with E-state index in [1.165, 1.54) is 37.7 Å². The van der Waals surface area contributed by atoms with Gasteiger partial charge in [0.05, 0.1) is 12.8 Å². The maximum Gasteiger partial charge on any atom is 0.137 e. The van der Waals surface area contributed by atoms with E-state index in [0.717, 1.165) is 30.0 Å². The van der Waals surface area contributed by atoms with Gasteiger partial charge in [-0.1, -0.05) is 19.8 Å². The Balaban J connectivity index is 1.77. The molecule has 3 unspecified atom stereocenters. The molecule has 0 saturated heterocycles. The molecule has 1 aromatic rings. The lowest BCUT2D eigenvalue weighted by Crippen LogP contribution is -2.25. The van der Waals surface area contributed by atoms with E-state index in [1.54, 1.807) is 0 Å². The van der Waals surface area contributed by atoms with E-state index >= 15 is 0 Å². The number of fused-ring (bicyclic) bond motifs is 1. The summed E-state index contributed by atoms with van der Waals surface area (Å²) in [6.45, 7) is 6.04. The van der Waals surface area contributed by atoms with Crippen LogP contribution >= 0.6 is 0 Å². The standard InChI is InChI=1S/C18H28N2O/c1-3-9-20-18(17-15-7-5-6-8-16(15)17)13-10-14(21-4-2)12-19-11-13/h10-12,15-18,20H,3-9H2,1-2H3. The third kappa shape index (κ3) is 3.23. The Morgan fingerprint density at radius 2 is 2.00 bits per heavy atom. The normalized spacial score (nSPS) is 28.8. The fraction of sp³-hybridized carbons (Fsp3) is 0.722. The summed E-state index contributed by atoms with van der Waals surface area (Å²) in [4.78, 5) is 4.39. The van der Waals surface area contributed by atoms with Crippen LogP contribution in [-0.2, 0) is 0 Å². The Kier molecular flexibility index (Phi) is 4.79. The number of aromatic nitrogens is 1. The quantitative estimate of drug-likeness (QED) is 0.824. The second-order valence-corrected chi connectivity index (χ2v) is 6.51. The van der Waals surface area contributed by atoms with Gasteiger partial charge in [0.15, 0.2) is 0 Å². The van der Waals surface area contributed by atoms with Crippen molar-refractivity contribution in [1.82, 2.24) is 10.3 Å². The van der Waals surface area contributed by atoms with Crippen LogP contribution in [0.3, 0.4) is 0 Å². The topological polar surface area (TPSA) is 34.2 Å². The highest BCUT2D eigenvalue weighted by atomic mass is 16.5. The lowest BCUT2D eigenvalue weighted by Gasteiger charge is -2.20. The molecule has 0 spiro atoms. The van der Waals surface area contributed by atoms with Gasteiger partial charge in [0, 0.05) is 12.2 Å². The predicted molar refractivity (Wildman–Crippen MR) is 85.4 cm³/mol. The molecule has 3 heteroatoms. The largest absolute Gasteiger partial charge is 0.492 e. The third-order valence-electron chi connectivity index (χ3n) is 5.13. The molecule has 21 heavy (non-hydrogen) atoms. The zero-order chi connectivity index (χ0) is 14.7. The molecule has 1 N–H and O–H groups in total. The molecule has 2 aliphatic carbocycles. The van der Waals surface area contributed by atoms with Crippen molar-refractivity contribution in [1.29, 1.82) is 0 Å². The summed E-state index contributed by atoms with van der Waals surface area (Å²) in [5.74, 6) is 3.62. The number of pyridine rings is 1. The van der Waals surface area contributed by atoms with E-state index in [1.807, 2.05) is 19.3 Å². The molecule has 1 aromatic heterocycles. The molecule has 2 fully saturated rings. The molecule has 2 aliphatic rings. The molecule has 0 radical (unpaired) electrons. The van der Waals surface area contributed by atoms with Crippen molar-refractivity contribution in [3.63, 3.8) is 0 Å². The van der Waals surface area contributed by atoms with Crippen molar-refractivity contribution < 1.29 is 4.74 Å². The molecule has 0 amide bonds. The number of nitrogens with one attached hydrogen (secondary N) is 1. The van der Waals surface area contributed by atoms with Crippen molar-refractivity contribution in [3.8, 4) is 5.75 Å².